The lowest BCUT2D eigenvalue weighted by atomic mass is 10.1. The Morgan fingerprint density at radius 3 is 2.40 bits per heavy atom. The molecule has 7 nitrogen and oxygen atoms in total. The molecule has 0 radical (unpaired) electrons. The second-order valence-corrected chi connectivity index (χ2v) is 7.39. The predicted octanol–water partition coefficient (Wildman–Crippen LogP) is 2.55. The summed E-state index contributed by atoms with van der Waals surface area (Å²) < 4.78 is 31.3. The van der Waals surface area contributed by atoms with Gasteiger partial charge in [0.05, 0.1) is 0 Å². The van der Waals surface area contributed by atoms with E-state index in [0.29, 0.717) is 0 Å². The Hall–Kier alpha value is -2.61. The lowest BCUT2D eigenvalue weighted by Gasteiger charge is -2.27. The third kappa shape index (κ3) is 4.48. The van der Waals surface area contributed by atoms with Gasteiger partial charge in [0, 0.05) is 19.3 Å². The minimum atomic E-state index is -4.03. The van der Waals surface area contributed by atoms with Crippen LogP contribution in [0.5, 0.6) is 5.75 Å². The van der Waals surface area contributed by atoms with E-state index >= 15 is 0 Å². The number of aromatic nitrogens is 1. The maximum Gasteiger partial charge on any atom is 0.426 e. The molecule has 1 aliphatic rings. The topological polar surface area (TPSA) is 88.6 Å². The fraction of sp³-hybridized carbons (Fsp3) is 0.294. The molecule has 132 valence electrons. The molecule has 1 aliphatic heterocycles. The Bertz CT molecular complexity index is 817. The Morgan fingerprint density at radius 2 is 1.76 bits per heavy atom. The standard InChI is InChI=1S/C17H19N3O4S/c21-17(24-14-7-3-1-4-8-14)19-25(22,23)15-9-10-16(18-13-15)20-11-5-2-6-12-20/h1,3-4,7-10,13H,2,5-6,11-12H2,(H,19,21). The fourth-order valence-corrected chi connectivity index (χ4v) is 3.44. The summed E-state index contributed by atoms with van der Waals surface area (Å²) >= 11 is 0. The van der Waals surface area contributed by atoms with E-state index < -0.39 is 16.1 Å². The summed E-state index contributed by atoms with van der Waals surface area (Å²) in [5, 5.41) is 0. The van der Waals surface area contributed by atoms with E-state index in [2.05, 4.69) is 9.88 Å². The van der Waals surface area contributed by atoms with Gasteiger partial charge in [0.15, 0.2) is 0 Å². The van der Waals surface area contributed by atoms with Gasteiger partial charge < -0.3 is 9.64 Å². The summed E-state index contributed by atoms with van der Waals surface area (Å²) in [6, 6.07) is 11.3. The number of sulfonamides is 1. The summed E-state index contributed by atoms with van der Waals surface area (Å²) in [5.74, 6) is 0.999. The molecule has 0 unspecified atom stereocenters. The first-order valence-corrected chi connectivity index (χ1v) is 9.54. The number of pyridine rings is 1. The number of carbonyl (C=O) groups excluding carboxylic acids is 1. The molecule has 1 fully saturated rings. The average molecular weight is 361 g/mol. The number of nitrogens with zero attached hydrogens (tertiary/aromatic N) is 2. The lowest BCUT2D eigenvalue weighted by molar-refractivity contribution is 0.207. The molecule has 3 rings (SSSR count). The van der Waals surface area contributed by atoms with Crippen LogP contribution in [0.15, 0.2) is 53.6 Å². The monoisotopic (exact) mass is 361 g/mol. The highest BCUT2D eigenvalue weighted by atomic mass is 32.2. The molecule has 1 saturated heterocycles. The van der Waals surface area contributed by atoms with E-state index in [-0.39, 0.29) is 10.6 Å². The second kappa shape index (κ2) is 7.52. The predicted molar refractivity (Wildman–Crippen MR) is 93.1 cm³/mol. The van der Waals surface area contributed by atoms with Crippen LogP contribution in [0.3, 0.4) is 0 Å². The van der Waals surface area contributed by atoms with Gasteiger partial charge >= 0.3 is 6.09 Å². The molecule has 25 heavy (non-hydrogen) atoms. The Balaban J connectivity index is 1.66. The highest BCUT2D eigenvalue weighted by Crippen LogP contribution is 2.19. The first-order valence-electron chi connectivity index (χ1n) is 8.05. The van der Waals surface area contributed by atoms with E-state index in [9.17, 15) is 13.2 Å². The van der Waals surface area contributed by atoms with Gasteiger partial charge in [-0.2, -0.15) is 0 Å². The van der Waals surface area contributed by atoms with E-state index in [1.165, 1.54) is 18.7 Å². The number of hydrogen-bond acceptors (Lipinski definition) is 6. The average Bonchev–Trinajstić information content (AvgIpc) is 2.63. The highest BCUT2D eigenvalue weighted by molar-refractivity contribution is 7.90. The van der Waals surface area contributed by atoms with Gasteiger partial charge in [-0.25, -0.2) is 22.9 Å². The van der Waals surface area contributed by atoms with Crippen LogP contribution in [0.4, 0.5) is 10.6 Å². The molecule has 0 spiro atoms. The van der Waals surface area contributed by atoms with E-state index in [0.717, 1.165) is 31.7 Å². The number of para-hydroxylation sites is 1. The van der Waals surface area contributed by atoms with Gasteiger partial charge in [-0.1, -0.05) is 18.2 Å². The largest absolute Gasteiger partial charge is 0.426 e. The van der Waals surface area contributed by atoms with Gasteiger partial charge in [-0.15, -0.1) is 0 Å². The number of amides is 1. The Kier molecular flexibility index (Phi) is 5.18. The third-order valence-corrected chi connectivity index (χ3v) is 5.18. The zero-order chi connectivity index (χ0) is 17.7. The van der Waals surface area contributed by atoms with Gasteiger partial charge in [-0.05, 0) is 43.5 Å². The number of hydrogen-bond donors (Lipinski definition) is 1. The van der Waals surface area contributed by atoms with Crippen molar-refractivity contribution in [1.29, 1.82) is 0 Å². The Labute approximate surface area is 146 Å². The number of nitrogens with one attached hydrogen (secondary N) is 1. The fourth-order valence-electron chi connectivity index (χ4n) is 2.63. The van der Waals surface area contributed by atoms with Crippen molar-refractivity contribution in [2.45, 2.75) is 24.2 Å². The van der Waals surface area contributed by atoms with Gasteiger partial charge in [0.2, 0.25) is 0 Å². The summed E-state index contributed by atoms with van der Waals surface area (Å²) in [6.45, 7) is 1.83. The number of benzene rings is 1. The van der Waals surface area contributed by atoms with E-state index in [4.69, 9.17) is 4.74 Å². The minimum absolute atomic E-state index is 0.0849. The van der Waals surface area contributed by atoms with Gasteiger partial charge in [0.25, 0.3) is 10.0 Å². The molecule has 1 amide bonds. The van der Waals surface area contributed by atoms with Crippen LogP contribution >= 0.6 is 0 Å². The van der Waals surface area contributed by atoms with Gasteiger partial charge in [-0.3, -0.25) is 0 Å². The normalized spacial score (nSPS) is 14.8. The van der Waals surface area contributed by atoms with E-state index in [1.54, 1.807) is 36.4 Å². The number of piperidine rings is 1. The summed E-state index contributed by atoms with van der Waals surface area (Å²) in [7, 11) is -4.03. The molecule has 8 heteroatoms. The van der Waals surface area contributed by atoms with Crippen molar-refractivity contribution in [3.8, 4) is 5.75 Å². The number of ether oxygens (including phenoxy) is 1. The quantitative estimate of drug-likeness (QED) is 0.900. The molecular weight excluding hydrogens is 342 g/mol. The van der Waals surface area contributed by atoms with Crippen molar-refractivity contribution in [2.24, 2.45) is 0 Å². The molecule has 2 heterocycles. The number of rotatable bonds is 4. The maximum absolute atomic E-state index is 12.3. The van der Waals surface area contributed by atoms with Crippen LogP contribution in [0, 0.1) is 0 Å². The van der Waals surface area contributed by atoms with Crippen molar-refractivity contribution in [3.05, 3.63) is 48.7 Å². The molecule has 0 bridgehead atoms. The molecule has 1 aromatic carbocycles. The van der Waals surface area contributed by atoms with E-state index in [1.807, 2.05) is 4.72 Å². The number of anilines is 1. The zero-order valence-electron chi connectivity index (χ0n) is 13.6. The first-order chi connectivity index (χ1) is 12.0. The van der Waals surface area contributed by atoms with Crippen molar-refractivity contribution >= 4 is 21.9 Å². The third-order valence-electron chi connectivity index (χ3n) is 3.88. The SMILES string of the molecule is O=C(NS(=O)(=O)c1ccc(N2CCCCC2)nc1)Oc1ccccc1. The van der Waals surface area contributed by atoms with Crippen molar-refractivity contribution in [2.75, 3.05) is 18.0 Å². The molecule has 2 aromatic rings. The molecule has 1 N–H and O–H groups in total. The highest BCUT2D eigenvalue weighted by Gasteiger charge is 2.20. The summed E-state index contributed by atoms with van der Waals surface area (Å²) in [5.41, 5.74) is 0. The smallest absolute Gasteiger partial charge is 0.410 e. The maximum atomic E-state index is 12.3. The number of carbonyl (C=O) groups is 1. The second-order valence-electron chi connectivity index (χ2n) is 5.71. The van der Waals surface area contributed by atoms with Crippen LogP contribution in [-0.2, 0) is 10.0 Å². The minimum Gasteiger partial charge on any atom is -0.410 e. The van der Waals surface area contributed by atoms with Crippen LogP contribution in [0.25, 0.3) is 0 Å². The summed E-state index contributed by atoms with van der Waals surface area (Å²) in [6.07, 6.45) is 3.60. The Morgan fingerprint density at radius 1 is 1.04 bits per heavy atom. The molecule has 0 atom stereocenters. The van der Waals surface area contributed by atoms with Crippen LogP contribution in [0.1, 0.15) is 19.3 Å². The van der Waals surface area contributed by atoms with Gasteiger partial charge in [0.1, 0.15) is 16.5 Å². The zero-order valence-corrected chi connectivity index (χ0v) is 14.4. The van der Waals surface area contributed by atoms with Crippen molar-refractivity contribution in [3.63, 3.8) is 0 Å². The van der Waals surface area contributed by atoms with Crippen LogP contribution in [-0.4, -0.2) is 32.6 Å². The van der Waals surface area contributed by atoms with Crippen molar-refractivity contribution in [1.82, 2.24) is 9.71 Å². The van der Waals surface area contributed by atoms with Crippen LogP contribution in [0.2, 0.25) is 0 Å². The molecule has 0 aliphatic carbocycles. The molecule has 0 saturated carbocycles. The molecule has 1 aromatic heterocycles. The lowest BCUT2D eigenvalue weighted by Crippen LogP contribution is -2.33. The van der Waals surface area contributed by atoms with Crippen LogP contribution < -0.4 is 14.4 Å². The first kappa shape index (κ1) is 17.2. The summed E-state index contributed by atoms with van der Waals surface area (Å²) in [4.78, 5) is 18.0. The molecular formula is C17H19N3O4S. The van der Waals surface area contributed by atoms with Crippen molar-refractivity contribution < 1.29 is 17.9 Å².